The molecule has 1 aromatic carbocycles. The summed E-state index contributed by atoms with van der Waals surface area (Å²) in [6.07, 6.45) is 10.4. The summed E-state index contributed by atoms with van der Waals surface area (Å²) >= 11 is 0. The van der Waals surface area contributed by atoms with E-state index in [2.05, 4.69) is 32.2 Å². The SMILES string of the molecule is C=C1C[C@@H]2C=Nc3cc(OCCCC(=O)Nc4cn(C)c(C(=O)Cc5cc(C(=O)Nc6cc(C(=O)n7ccc8cc(C(=O)O)cnc87)n(C)c6)n(C)c5)n4)c(C)cc3C(=O)N2C1. The number of carboxylic acid groups (broad SMARTS) is 1. The van der Waals surface area contributed by atoms with Crippen LogP contribution in [0.2, 0.25) is 0 Å². The second kappa shape index (κ2) is 16.3. The maximum absolute atomic E-state index is 13.5. The number of nitrogens with one attached hydrogen (secondary N) is 2. The van der Waals surface area contributed by atoms with Gasteiger partial charge in [-0.25, -0.2) is 14.8 Å². The Kier molecular flexibility index (Phi) is 10.7. The Morgan fingerprint density at radius 1 is 0.968 bits per heavy atom. The molecule has 1 atom stereocenters. The molecule has 3 amide bonds. The fraction of sp³-hybridized carbons (Fsp3) is 0.250. The zero-order valence-electron chi connectivity index (χ0n) is 34.3. The van der Waals surface area contributed by atoms with Gasteiger partial charge in [0.05, 0.1) is 35.2 Å². The van der Waals surface area contributed by atoms with Crippen LogP contribution in [-0.2, 0) is 32.4 Å². The molecule has 2 aliphatic rings. The van der Waals surface area contributed by atoms with Crippen molar-refractivity contribution >= 4 is 69.8 Å². The van der Waals surface area contributed by atoms with Crippen molar-refractivity contribution in [2.24, 2.45) is 26.1 Å². The Morgan fingerprint density at radius 2 is 1.76 bits per heavy atom. The van der Waals surface area contributed by atoms with Crippen LogP contribution >= 0.6 is 0 Å². The van der Waals surface area contributed by atoms with Crippen molar-refractivity contribution in [1.82, 2.24) is 33.1 Å². The van der Waals surface area contributed by atoms with Gasteiger partial charge < -0.3 is 39.1 Å². The molecule has 1 fully saturated rings. The smallest absolute Gasteiger partial charge is 0.337 e. The van der Waals surface area contributed by atoms with Crippen LogP contribution in [0, 0.1) is 6.92 Å². The number of carbonyl (C=O) groups is 6. The average Bonchev–Trinajstić information content (AvgIpc) is 4.05. The molecular formula is C44H42N10O8. The van der Waals surface area contributed by atoms with Crippen molar-refractivity contribution in [2.75, 3.05) is 23.8 Å². The van der Waals surface area contributed by atoms with Crippen molar-refractivity contribution in [3.63, 3.8) is 0 Å². The van der Waals surface area contributed by atoms with E-state index < -0.39 is 17.8 Å². The van der Waals surface area contributed by atoms with Gasteiger partial charge >= 0.3 is 5.97 Å². The standard InChI is InChI=1S/C44H42N10O8/c1-24-11-30-19-45-32-17-36(25(2)12-31(32)42(58)54(30)20-24)62-10-6-7-38(56)48-37-23-52(5)40(49-37)35(55)14-26-13-33(50(3)21-26)41(57)47-29-16-34(51(4)22-29)43(59)53-9-8-27-15-28(44(60)61)18-46-39(27)53/h8-9,12-13,15-19,21-23,30H,1,6-7,10-11,14,20H2,2-5H3,(H,47,57)(H,48,56)(H,60,61)/t30-/m1/s1. The number of benzene rings is 1. The number of aliphatic imine (C=N–C) groups is 1. The highest BCUT2D eigenvalue weighted by Gasteiger charge is 2.34. The minimum atomic E-state index is -1.13. The number of aromatic carboxylic acids is 1. The molecule has 0 saturated carbocycles. The number of ketones is 1. The molecule has 7 heterocycles. The van der Waals surface area contributed by atoms with Gasteiger partial charge in [0.2, 0.25) is 11.7 Å². The molecule has 2 aliphatic heterocycles. The number of aromatic nitrogens is 6. The van der Waals surface area contributed by atoms with Gasteiger partial charge in [0.25, 0.3) is 17.7 Å². The minimum absolute atomic E-state index is 0.000638. The normalized spacial score (nSPS) is 14.5. The van der Waals surface area contributed by atoms with E-state index in [1.165, 1.54) is 33.7 Å². The lowest BCUT2D eigenvalue weighted by molar-refractivity contribution is -0.116. The van der Waals surface area contributed by atoms with Gasteiger partial charge in [0.15, 0.2) is 11.6 Å². The first-order valence-electron chi connectivity index (χ1n) is 19.7. The molecule has 62 heavy (non-hydrogen) atoms. The Hall–Kier alpha value is -7.89. The lowest BCUT2D eigenvalue weighted by Gasteiger charge is -2.20. The van der Waals surface area contributed by atoms with Crippen molar-refractivity contribution < 1.29 is 38.6 Å². The highest BCUT2D eigenvalue weighted by molar-refractivity contribution is 6.06. The van der Waals surface area contributed by atoms with Gasteiger partial charge in [-0.15, -0.1) is 0 Å². The summed E-state index contributed by atoms with van der Waals surface area (Å²) in [5.41, 5.74) is 4.58. The highest BCUT2D eigenvalue weighted by Crippen LogP contribution is 2.35. The molecule has 0 aliphatic carbocycles. The Morgan fingerprint density at radius 3 is 2.55 bits per heavy atom. The molecule has 0 bridgehead atoms. The molecule has 1 saturated heterocycles. The van der Waals surface area contributed by atoms with E-state index in [1.54, 1.807) is 84.2 Å². The average molecular weight is 839 g/mol. The van der Waals surface area contributed by atoms with E-state index in [0.717, 1.165) is 11.1 Å². The van der Waals surface area contributed by atoms with Gasteiger partial charge in [-0.1, -0.05) is 12.2 Å². The molecule has 5 aromatic heterocycles. The van der Waals surface area contributed by atoms with Crippen molar-refractivity contribution in [3.05, 3.63) is 119 Å². The number of aryl methyl sites for hydroxylation is 4. The predicted octanol–water partition coefficient (Wildman–Crippen LogP) is 5.10. The fourth-order valence-corrected chi connectivity index (χ4v) is 7.71. The number of imidazole rings is 1. The van der Waals surface area contributed by atoms with Crippen LogP contribution in [0.25, 0.3) is 11.0 Å². The summed E-state index contributed by atoms with van der Waals surface area (Å²) in [6, 6.07) is 9.60. The zero-order valence-corrected chi connectivity index (χ0v) is 34.3. The van der Waals surface area contributed by atoms with Crippen LogP contribution in [0.4, 0.5) is 17.2 Å². The molecule has 0 spiro atoms. The van der Waals surface area contributed by atoms with Crippen LogP contribution in [0.5, 0.6) is 5.75 Å². The Bertz CT molecular complexity index is 2910. The summed E-state index contributed by atoms with van der Waals surface area (Å²) in [5, 5.41) is 15.3. The van der Waals surface area contributed by atoms with E-state index in [-0.39, 0.29) is 71.7 Å². The van der Waals surface area contributed by atoms with Crippen molar-refractivity contribution in [3.8, 4) is 5.75 Å². The summed E-state index contributed by atoms with van der Waals surface area (Å²) in [5.74, 6) is -1.82. The van der Waals surface area contributed by atoms with E-state index in [4.69, 9.17) is 4.74 Å². The van der Waals surface area contributed by atoms with Crippen LogP contribution in [0.1, 0.15) is 82.7 Å². The molecule has 6 aromatic rings. The molecule has 18 heteroatoms. The number of pyridine rings is 1. The molecule has 316 valence electrons. The molecule has 3 N–H and O–H groups in total. The second-order valence-corrected chi connectivity index (χ2v) is 15.5. The van der Waals surface area contributed by atoms with Gasteiger partial charge in [-0.2, -0.15) is 0 Å². The number of Topliss-reactive ketones (excluding diaryl/α,β-unsaturated/α-hetero) is 1. The predicted molar refractivity (Wildman–Crippen MR) is 228 cm³/mol. The van der Waals surface area contributed by atoms with Crippen molar-refractivity contribution in [1.29, 1.82) is 0 Å². The first-order valence-corrected chi connectivity index (χ1v) is 19.7. The second-order valence-electron chi connectivity index (χ2n) is 15.5. The lowest BCUT2D eigenvalue weighted by atomic mass is 10.1. The van der Waals surface area contributed by atoms with Gasteiger partial charge in [-0.3, -0.25) is 33.5 Å². The number of carbonyl (C=O) groups excluding carboxylic acids is 5. The summed E-state index contributed by atoms with van der Waals surface area (Å²) in [6.45, 7) is 6.65. The van der Waals surface area contributed by atoms with Gasteiger partial charge in [0, 0.05) is 89.2 Å². The monoisotopic (exact) mass is 838 g/mol. The first-order chi connectivity index (χ1) is 29.6. The summed E-state index contributed by atoms with van der Waals surface area (Å²) in [4.78, 5) is 92.5. The number of carboxylic acids is 1. The number of hydrogen-bond acceptors (Lipinski definition) is 10. The molecule has 0 unspecified atom stereocenters. The van der Waals surface area contributed by atoms with Crippen LogP contribution in [-0.4, -0.2) is 99.0 Å². The fourth-order valence-electron chi connectivity index (χ4n) is 7.71. The number of ether oxygens (including phenoxy) is 1. The molecule has 18 nitrogen and oxygen atoms in total. The van der Waals surface area contributed by atoms with E-state index in [0.29, 0.717) is 58.7 Å². The number of fused-ring (bicyclic) bond motifs is 3. The maximum atomic E-state index is 13.5. The molecular weight excluding hydrogens is 797 g/mol. The van der Waals surface area contributed by atoms with Crippen LogP contribution < -0.4 is 15.4 Å². The minimum Gasteiger partial charge on any atom is -0.493 e. The summed E-state index contributed by atoms with van der Waals surface area (Å²) < 4.78 is 12.0. The number of amides is 3. The largest absolute Gasteiger partial charge is 0.493 e. The maximum Gasteiger partial charge on any atom is 0.337 e. The van der Waals surface area contributed by atoms with Gasteiger partial charge in [0.1, 0.15) is 22.8 Å². The van der Waals surface area contributed by atoms with Crippen LogP contribution in [0.3, 0.4) is 0 Å². The molecule has 0 radical (unpaired) electrons. The van der Waals surface area contributed by atoms with E-state index in [1.807, 2.05) is 6.92 Å². The third kappa shape index (κ3) is 8.04. The lowest BCUT2D eigenvalue weighted by Crippen LogP contribution is -2.35. The van der Waals surface area contributed by atoms with Gasteiger partial charge in [-0.05, 0) is 61.2 Å². The Balaban J connectivity index is 0.832. The van der Waals surface area contributed by atoms with E-state index >= 15 is 0 Å². The Labute approximate surface area is 354 Å². The summed E-state index contributed by atoms with van der Waals surface area (Å²) in [7, 11) is 4.98. The number of anilines is 2. The number of rotatable bonds is 13. The van der Waals surface area contributed by atoms with Crippen molar-refractivity contribution in [2.45, 2.75) is 38.6 Å². The van der Waals surface area contributed by atoms with Crippen LogP contribution in [0.15, 0.2) is 84.5 Å². The highest BCUT2D eigenvalue weighted by atomic mass is 16.5. The first kappa shape index (κ1) is 40.9. The molecule has 8 rings (SSSR count). The van der Waals surface area contributed by atoms with E-state index in [9.17, 15) is 33.9 Å². The topological polar surface area (TPSA) is 217 Å². The number of hydrogen-bond donors (Lipinski definition) is 3. The third-order valence-electron chi connectivity index (χ3n) is 10.8. The quantitative estimate of drug-likeness (QED) is 0.0794. The number of nitrogens with zero attached hydrogens (tertiary/aromatic N) is 8. The third-order valence-corrected chi connectivity index (χ3v) is 10.8. The zero-order chi connectivity index (χ0) is 44.0.